The summed E-state index contributed by atoms with van der Waals surface area (Å²) in [5.74, 6) is 0.180. The van der Waals surface area contributed by atoms with Crippen molar-refractivity contribution in [3.63, 3.8) is 0 Å². The van der Waals surface area contributed by atoms with Crippen LogP contribution in [0.5, 0.6) is 0 Å². The van der Waals surface area contributed by atoms with Crippen molar-refractivity contribution in [3.05, 3.63) is 20.8 Å². The molecule has 88 valence electrons. The fraction of sp³-hybridized carbons (Fsp3) is 0.545. The number of nitrogens with two attached hydrogens (primary N) is 1. The van der Waals surface area contributed by atoms with Crippen molar-refractivity contribution in [2.45, 2.75) is 31.8 Å². The molecule has 2 unspecified atom stereocenters. The predicted molar refractivity (Wildman–Crippen MR) is 69.4 cm³/mol. The molecule has 16 heavy (non-hydrogen) atoms. The van der Waals surface area contributed by atoms with Gasteiger partial charge in [0.25, 0.3) is 0 Å². The Bertz CT molecular complexity index is 393. The van der Waals surface area contributed by atoms with E-state index in [9.17, 15) is 4.79 Å². The van der Waals surface area contributed by atoms with Crippen molar-refractivity contribution in [1.29, 1.82) is 0 Å². The average Bonchev–Trinajstić information content (AvgIpc) is 2.73. The number of hydrogen-bond donors (Lipinski definition) is 1. The highest BCUT2D eigenvalue weighted by Gasteiger charge is 2.39. The van der Waals surface area contributed by atoms with E-state index in [1.165, 1.54) is 4.88 Å². The van der Waals surface area contributed by atoms with Gasteiger partial charge in [-0.2, -0.15) is 0 Å². The second-order valence-electron chi connectivity index (χ2n) is 4.03. The van der Waals surface area contributed by atoms with E-state index in [0.717, 1.165) is 17.4 Å². The Labute approximate surface area is 108 Å². The number of carbonyl (C=O) groups excluding carboxylic acids is 1. The lowest BCUT2D eigenvalue weighted by atomic mass is 10.1. The predicted octanol–water partition coefficient (Wildman–Crippen LogP) is 2.52. The van der Waals surface area contributed by atoms with E-state index >= 15 is 0 Å². The maximum Gasteiger partial charge on any atom is 0.224 e. The Morgan fingerprint density at radius 3 is 3.00 bits per heavy atom. The number of likely N-dealkylation sites (tertiary alicyclic amines) is 1. The molecular weight excluding hydrogens is 288 g/mol. The minimum absolute atomic E-state index is 0.0572. The lowest BCUT2D eigenvalue weighted by Gasteiger charge is -2.26. The van der Waals surface area contributed by atoms with Crippen LogP contribution in [0.1, 0.15) is 30.7 Å². The molecular formula is C11H15BrN2OS. The van der Waals surface area contributed by atoms with Crippen molar-refractivity contribution in [1.82, 2.24) is 4.90 Å². The Kier molecular flexibility index (Phi) is 3.66. The van der Waals surface area contributed by atoms with Crippen molar-refractivity contribution >= 4 is 33.2 Å². The molecule has 1 aromatic rings. The zero-order chi connectivity index (χ0) is 11.7. The number of rotatable bonds is 3. The van der Waals surface area contributed by atoms with Gasteiger partial charge in [0.05, 0.1) is 6.04 Å². The molecule has 2 N–H and O–H groups in total. The van der Waals surface area contributed by atoms with Crippen LogP contribution in [0.15, 0.2) is 15.9 Å². The largest absolute Gasteiger partial charge is 0.333 e. The van der Waals surface area contributed by atoms with E-state index in [0.29, 0.717) is 6.42 Å². The number of nitrogens with zero attached hydrogens (tertiary/aromatic N) is 1. The minimum atomic E-state index is -0.0750. The van der Waals surface area contributed by atoms with E-state index in [2.05, 4.69) is 22.9 Å². The number of halogens is 1. The first-order valence-corrected chi connectivity index (χ1v) is 7.10. The highest BCUT2D eigenvalue weighted by molar-refractivity contribution is 9.10. The minimum Gasteiger partial charge on any atom is -0.333 e. The fourth-order valence-electron chi connectivity index (χ4n) is 2.17. The summed E-state index contributed by atoms with van der Waals surface area (Å²) in [6.45, 7) is 2.87. The first-order chi connectivity index (χ1) is 7.65. The molecule has 0 saturated carbocycles. The van der Waals surface area contributed by atoms with Crippen molar-refractivity contribution < 1.29 is 4.79 Å². The van der Waals surface area contributed by atoms with E-state index in [4.69, 9.17) is 5.73 Å². The van der Waals surface area contributed by atoms with Crippen LogP contribution < -0.4 is 5.73 Å². The second kappa shape index (κ2) is 4.85. The zero-order valence-corrected chi connectivity index (χ0v) is 11.6. The van der Waals surface area contributed by atoms with Gasteiger partial charge in [0.1, 0.15) is 0 Å². The maximum atomic E-state index is 11.8. The molecule has 3 nitrogen and oxygen atoms in total. The molecule has 0 radical (unpaired) electrons. The van der Waals surface area contributed by atoms with Gasteiger partial charge in [0.2, 0.25) is 5.91 Å². The van der Waals surface area contributed by atoms with Gasteiger partial charge in [-0.1, -0.05) is 6.92 Å². The Hall–Kier alpha value is -0.390. The first-order valence-electron chi connectivity index (χ1n) is 5.43. The molecule has 1 amide bonds. The quantitative estimate of drug-likeness (QED) is 0.932. The van der Waals surface area contributed by atoms with Gasteiger partial charge in [-0.05, 0) is 33.8 Å². The topological polar surface area (TPSA) is 46.3 Å². The fourth-order valence-corrected chi connectivity index (χ4v) is 3.97. The SMILES string of the molecule is CCCN1C(=O)CC(N)C1c1sccc1Br. The summed E-state index contributed by atoms with van der Waals surface area (Å²) in [4.78, 5) is 14.9. The Balaban J connectivity index is 2.30. The van der Waals surface area contributed by atoms with E-state index in [1.807, 2.05) is 16.3 Å². The van der Waals surface area contributed by atoms with Crippen molar-refractivity contribution in [2.24, 2.45) is 5.73 Å². The summed E-state index contributed by atoms with van der Waals surface area (Å²) >= 11 is 5.18. The van der Waals surface area contributed by atoms with E-state index in [-0.39, 0.29) is 18.0 Å². The second-order valence-corrected chi connectivity index (χ2v) is 5.83. The number of amides is 1. The van der Waals surface area contributed by atoms with Crippen LogP contribution in [0.4, 0.5) is 0 Å². The van der Waals surface area contributed by atoms with Crippen molar-refractivity contribution in [2.75, 3.05) is 6.54 Å². The van der Waals surface area contributed by atoms with Crippen LogP contribution in [0.3, 0.4) is 0 Å². The standard InChI is InChI=1S/C11H15BrN2OS/c1-2-4-14-9(15)6-8(13)10(14)11-7(12)3-5-16-11/h3,5,8,10H,2,4,6,13H2,1H3. The Morgan fingerprint density at radius 2 is 2.44 bits per heavy atom. The molecule has 1 aliphatic heterocycles. The third-order valence-electron chi connectivity index (χ3n) is 2.85. The first kappa shape index (κ1) is 12.1. The summed E-state index contributed by atoms with van der Waals surface area (Å²) in [5, 5.41) is 2.03. The highest BCUT2D eigenvalue weighted by atomic mass is 79.9. The molecule has 0 spiro atoms. The lowest BCUT2D eigenvalue weighted by molar-refractivity contribution is -0.129. The third-order valence-corrected chi connectivity index (χ3v) is 4.79. The van der Waals surface area contributed by atoms with Crippen LogP contribution in [0, 0.1) is 0 Å². The summed E-state index contributed by atoms with van der Waals surface area (Å²) in [6.07, 6.45) is 1.44. The average molecular weight is 303 g/mol. The molecule has 1 saturated heterocycles. The van der Waals surface area contributed by atoms with Crippen LogP contribution in [0.25, 0.3) is 0 Å². The van der Waals surface area contributed by atoms with Gasteiger partial charge in [0, 0.05) is 28.4 Å². The number of thiophene rings is 1. The smallest absolute Gasteiger partial charge is 0.224 e. The van der Waals surface area contributed by atoms with Gasteiger partial charge in [-0.3, -0.25) is 4.79 Å². The van der Waals surface area contributed by atoms with E-state index in [1.54, 1.807) is 11.3 Å². The molecule has 2 atom stereocenters. The molecule has 0 aromatic carbocycles. The molecule has 1 fully saturated rings. The number of carbonyl (C=O) groups is 1. The summed E-state index contributed by atoms with van der Waals surface area (Å²) in [5.41, 5.74) is 6.07. The summed E-state index contributed by atoms with van der Waals surface area (Å²) < 4.78 is 1.06. The van der Waals surface area contributed by atoms with Crippen LogP contribution >= 0.6 is 27.3 Å². The van der Waals surface area contributed by atoms with Crippen LogP contribution in [-0.4, -0.2) is 23.4 Å². The molecule has 1 aliphatic rings. The van der Waals surface area contributed by atoms with Gasteiger partial charge < -0.3 is 10.6 Å². The zero-order valence-electron chi connectivity index (χ0n) is 9.15. The molecule has 2 rings (SSSR count). The highest BCUT2D eigenvalue weighted by Crippen LogP contribution is 2.39. The van der Waals surface area contributed by atoms with Gasteiger partial charge in [-0.15, -0.1) is 11.3 Å². The molecule has 5 heteroatoms. The molecule has 1 aromatic heterocycles. The normalized spacial score (nSPS) is 25.4. The summed E-state index contributed by atoms with van der Waals surface area (Å²) in [7, 11) is 0. The van der Waals surface area contributed by atoms with Gasteiger partial charge in [0.15, 0.2) is 0 Å². The number of hydrogen-bond acceptors (Lipinski definition) is 3. The van der Waals surface area contributed by atoms with Gasteiger partial charge in [-0.25, -0.2) is 0 Å². The van der Waals surface area contributed by atoms with Crippen LogP contribution in [-0.2, 0) is 4.79 Å². The third kappa shape index (κ3) is 2.04. The summed E-state index contributed by atoms with van der Waals surface area (Å²) in [6, 6.07) is 2.00. The molecule has 2 heterocycles. The monoisotopic (exact) mass is 302 g/mol. The van der Waals surface area contributed by atoms with Gasteiger partial charge >= 0.3 is 0 Å². The molecule has 0 bridgehead atoms. The Morgan fingerprint density at radius 1 is 1.69 bits per heavy atom. The molecule has 0 aliphatic carbocycles. The van der Waals surface area contributed by atoms with E-state index < -0.39 is 0 Å². The van der Waals surface area contributed by atoms with Crippen LogP contribution in [0.2, 0.25) is 0 Å². The van der Waals surface area contributed by atoms with Crippen molar-refractivity contribution in [3.8, 4) is 0 Å². The maximum absolute atomic E-state index is 11.8. The lowest BCUT2D eigenvalue weighted by Crippen LogP contribution is -2.33.